The van der Waals surface area contributed by atoms with Crippen LogP contribution < -0.4 is 16.2 Å². The predicted octanol–water partition coefficient (Wildman–Crippen LogP) is -1.05. The number of aromatic nitrogens is 1. The number of carbonyl (C=O) groups excluding carboxylic acids is 2. The number of hydrogen-bond donors (Lipinski definition) is 4. The number of aromatic hydroxyl groups is 1. The lowest BCUT2D eigenvalue weighted by Crippen LogP contribution is -2.27. The van der Waals surface area contributed by atoms with E-state index < -0.39 is 11.5 Å². The average molecular weight is 239 g/mol. The lowest BCUT2D eigenvalue weighted by molar-refractivity contribution is -0.109. The number of carbonyl (C=O) groups is 2. The van der Waals surface area contributed by atoms with Gasteiger partial charge in [-0.1, -0.05) is 0 Å². The molecule has 0 aliphatic carbocycles. The summed E-state index contributed by atoms with van der Waals surface area (Å²) in [5.41, 5.74) is -0.452. The van der Waals surface area contributed by atoms with Crippen molar-refractivity contribution in [3.63, 3.8) is 0 Å². The molecule has 1 aromatic rings. The van der Waals surface area contributed by atoms with E-state index in [4.69, 9.17) is 5.11 Å². The van der Waals surface area contributed by atoms with Crippen molar-refractivity contribution in [3.05, 3.63) is 28.0 Å². The van der Waals surface area contributed by atoms with Crippen LogP contribution in [0.5, 0.6) is 5.88 Å². The SMILES string of the molecule is O=CNCCCNC(=O)c1cc(O)[nH]c(=O)c1. The maximum absolute atomic E-state index is 11.5. The summed E-state index contributed by atoms with van der Waals surface area (Å²) in [4.78, 5) is 34.6. The largest absolute Gasteiger partial charge is 0.494 e. The minimum absolute atomic E-state index is 0.0922. The lowest BCUT2D eigenvalue weighted by Gasteiger charge is -2.04. The quantitative estimate of drug-likeness (QED) is 0.374. The second-order valence-corrected chi connectivity index (χ2v) is 3.30. The molecule has 1 rings (SSSR count). The molecule has 0 unspecified atom stereocenters. The standard InChI is InChI=1S/C10H13N3O4/c14-6-11-2-1-3-12-10(17)7-4-8(15)13-9(16)5-7/h4-6H,1-3H2,(H,11,14)(H,12,17)(H2,13,15,16). The Balaban J connectivity index is 2.47. The van der Waals surface area contributed by atoms with Crippen LogP contribution >= 0.6 is 0 Å². The summed E-state index contributed by atoms with van der Waals surface area (Å²) in [5, 5.41) is 14.1. The van der Waals surface area contributed by atoms with Crippen LogP contribution in [0.2, 0.25) is 0 Å². The van der Waals surface area contributed by atoms with E-state index in [1.54, 1.807) is 0 Å². The van der Waals surface area contributed by atoms with Crippen molar-refractivity contribution in [2.75, 3.05) is 13.1 Å². The molecule has 0 fully saturated rings. The van der Waals surface area contributed by atoms with Gasteiger partial charge in [-0.25, -0.2) is 0 Å². The molecule has 0 saturated heterocycles. The van der Waals surface area contributed by atoms with Crippen molar-refractivity contribution in [1.29, 1.82) is 0 Å². The van der Waals surface area contributed by atoms with Crippen LogP contribution in [0.1, 0.15) is 16.8 Å². The van der Waals surface area contributed by atoms with Crippen molar-refractivity contribution in [3.8, 4) is 5.88 Å². The Morgan fingerprint density at radius 1 is 1.41 bits per heavy atom. The first-order chi connectivity index (χ1) is 8.13. The van der Waals surface area contributed by atoms with Gasteiger partial charge in [-0.3, -0.25) is 19.4 Å². The minimum Gasteiger partial charge on any atom is -0.494 e. The topological polar surface area (TPSA) is 111 Å². The fraction of sp³-hybridized carbons (Fsp3) is 0.300. The minimum atomic E-state index is -0.544. The van der Waals surface area contributed by atoms with Gasteiger partial charge in [0, 0.05) is 25.2 Å². The molecule has 4 N–H and O–H groups in total. The van der Waals surface area contributed by atoms with Crippen LogP contribution in [0.3, 0.4) is 0 Å². The highest BCUT2D eigenvalue weighted by atomic mass is 16.3. The van der Waals surface area contributed by atoms with Crippen LogP contribution in [0.4, 0.5) is 0 Å². The summed E-state index contributed by atoms with van der Waals surface area (Å²) in [6.07, 6.45) is 1.16. The molecule has 0 atom stereocenters. The second-order valence-electron chi connectivity index (χ2n) is 3.30. The number of pyridine rings is 1. The summed E-state index contributed by atoms with van der Waals surface area (Å²) in [5.74, 6) is -0.803. The van der Waals surface area contributed by atoms with Gasteiger partial charge in [-0.05, 0) is 6.42 Å². The first kappa shape index (κ1) is 12.8. The molecule has 0 aliphatic rings. The number of aromatic amines is 1. The maximum atomic E-state index is 11.5. The molecular formula is C10H13N3O4. The van der Waals surface area contributed by atoms with E-state index in [-0.39, 0.29) is 11.4 Å². The molecule has 17 heavy (non-hydrogen) atoms. The van der Waals surface area contributed by atoms with Crippen molar-refractivity contribution in [1.82, 2.24) is 15.6 Å². The van der Waals surface area contributed by atoms with Gasteiger partial charge in [0.1, 0.15) is 0 Å². The maximum Gasteiger partial charge on any atom is 0.251 e. The highest BCUT2D eigenvalue weighted by Gasteiger charge is 2.06. The van der Waals surface area contributed by atoms with Gasteiger partial charge in [0.15, 0.2) is 5.88 Å². The van der Waals surface area contributed by atoms with Gasteiger partial charge in [0.25, 0.3) is 11.5 Å². The molecule has 2 amide bonds. The third-order valence-electron chi connectivity index (χ3n) is 1.96. The van der Waals surface area contributed by atoms with E-state index >= 15 is 0 Å². The molecule has 0 spiro atoms. The smallest absolute Gasteiger partial charge is 0.251 e. The fourth-order valence-corrected chi connectivity index (χ4v) is 1.21. The molecule has 7 heteroatoms. The zero-order valence-corrected chi connectivity index (χ0v) is 9.03. The predicted molar refractivity (Wildman–Crippen MR) is 59.7 cm³/mol. The number of hydrogen-bond acceptors (Lipinski definition) is 4. The van der Waals surface area contributed by atoms with Crippen molar-refractivity contribution in [2.45, 2.75) is 6.42 Å². The van der Waals surface area contributed by atoms with Gasteiger partial charge in [-0.2, -0.15) is 0 Å². The fourth-order valence-electron chi connectivity index (χ4n) is 1.21. The molecule has 0 aromatic carbocycles. The van der Waals surface area contributed by atoms with E-state index in [1.807, 2.05) is 0 Å². The summed E-state index contributed by atoms with van der Waals surface area (Å²) in [6, 6.07) is 2.26. The number of rotatable bonds is 6. The van der Waals surface area contributed by atoms with Gasteiger partial charge in [0.05, 0.1) is 5.56 Å². The Morgan fingerprint density at radius 3 is 2.82 bits per heavy atom. The molecule has 0 aliphatic heterocycles. The van der Waals surface area contributed by atoms with Crippen molar-refractivity contribution in [2.24, 2.45) is 0 Å². The van der Waals surface area contributed by atoms with Gasteiger partial charge < -0.3 is 15.7 Å². The first-order valence-electron chi connectivity index (χ1n) is 5.02. The van der Waals surface area contributed by atoms with E-state index in [0.717, 1.165) is 6.07 Å². The Bertz CT molecular complexity index is 455. The normalized spacial score (nSPS) is 9.65. The van der Waals surface area contributed by atoms with Crippen LogP contribution in [-0.4, -0.2) is 35.5 Å². The number of H-pyrrole nitrogens is 1. The van der Waals surface area contributed by atoms with E-state index in [1.165, 1.54) is 6.07 Å². The first-order valence-corrected chi connectivity index (χ1v) is 5.02. The zero-order chi connectivity index (χ0) is 12.7. The third-order valence-corrected chi connectivity index (χ3v) is 1.96. The molecule has 0 saturated carbocycles. The zero-order valence-electron chi connectivity index (χ0n) is 9.03. The summed E-state index contributed by atoms with van der Waals surface area (Å²) >= 11 is 0. The van der Waals surface area contributed by atoms with Gasteiger partial charge in [-0.15, -0.1) is 0 Å². The molecule has 0 bridgehead atoms. The van der Waals surface area contributed by atoms with Gasteiger partial charge in [0.2, 0.25) is 6.41 Å². The number of amides is 2. The van der Waals surface area contributed by atoms with Crippen LogP contribution in [0.15, 0.2) is 16.9 Å². The van der Waals surface area contributed by atoms with Gasteiger partial charge >= 0.3 is 0 Å². The molecule has 7 nitrogen and oxygen atoms in total. The molecule has 0 radical (unpaired) electrons. The Hall–Kier alpha value is -2.31. The molecule has 1 heterocycles. The van der Waals surface area contributed by atoms with Crippen LogP contribution in [0, 0.1) is 0 Å². The van der Waals surface area contributed by atoms with E-state index in [0.29, 0.717) is 25.9 Å². The molecule has 1 aromatic heterocycles. The Kier molecular flexibility index (Phi) is 4.74. The van der Waals surface area contributed by atoms with E-state index in [9.17, 15) is 14.4 Å². The molecular weight excluding hydrogens is 226 g/mol. The Morgan fingerprint density at radius 2 is 2.18 bits per heavy atom. The second kappa shape index (κ2) is 6.31. The van der Waals surface area contributed by atoms with Crippen molar-refractivity contribution >= 4 is 12.3 Å². The average Bonchev–Trinajstić information content (AvgIpc) is 2.27. The third kappa shape index (κ3) is 4.37. The highest BCUT2D eigenvalue weighted by Crippen LogP contribution is 2.03. The van der Waals surface area contributed by atoms with Crippen LogP contribution in [0.25, 0.3) is 0 Å². The lowest BCUT2D eigenvalue weighted by atomic mass is 10.2. The number of nitrogens with one attached hydrogen (secondary N) is 3. The molecule has 92 valence electrons. The Labute approximate surface area is 96.9 Å². The summed E-state index contributed by atoms with van der Waals surface area (Å²) < 4.78 is 0. The van der Waals surface area contributed by atoms with Crippen molar-refractivity contribution < 1.29 is 14.7 Å². The van der Waals surface area contributed by atoms with E-state index in [2.05, 4.69) is 15.6 Å². The van der Waals surface area contributed by atoms with Crippen LogP contribution in [-0.2, 0) is 4.79 Å². The summed E-state index contributed by atoms with van der Waals surface area (Å²) in [7, 11) is 0. The highest BCUT2D eigenvalue weighted by molar-refractivity contribution is 5.94. The monoisotopic (exact) mass is 239 g/mol. The summed E-state index contributed by atoms with van der Waals surface area (Å²) in [6.45, 7) is 0.831.